The number of nitrogens with one attached hydrogen (secondary N) is 1. The molecule has 1 fully saturated rings. The van der Waals surface area contributed by atoms with Gasteiger partial charge in [0.05, 0.1) is 18.2 Å². The first-order valence-electron chi connectivity index (χ1n) is 12.2. The summed E-state index contributed by atoms with van der Waals surface area (Å²) in [5.74, 6) is -1.80. The molecule has 1 saturated heterocycles. The third-order valence-electron chi connectivity index (χ3n) is 6.67. The van der Waals surface area contributed by atoms with Crippen LogP contribution in [0.1, 0.15) is 35.8 Å². The average Bonchev–Trinajstić information content (AvgIpc) is 2.86. The molecule has 2 heterocycles. The number of carbonyl (C=O) groups excluding carboxylic acids is 3. The number of halogens is 2. The first-order valence-corrected chi connectivity index (χ1v) is 12.2. The van der Waals surface area contributed by atoms with Crippen molar-refractivity contribution in [2.24, 2.45) is 0 Å². The van der Waals surface area contributed by atoms with Crippen LogP contribution in [0.4, 0.5) is 13.6 Å². The van der Waals surface area contributed by atoms with E-state index in [0.717, 1.165) is 0 Å². The molecule has 3 amide bonds. The van der Waals surface area contributed by atoms with Gasteiger partial charge in [-0.15, -0.1) is 0 Å². The number of likely N-dealkylation sites (N-methyl/N-ethyl adjacent to an activating group) is 1. The lowest BCUT2D eigenvalue weighted by Crippen LogP contribution is -2.56. The highest BCUT2D eigenvalue weighted by atomic mass is 19.1. The SMILES string of the molecule is CCOC(=O)C1=C(CN2CCN(C(=O)c3cccc(F)c3)[C@@H](C)C2)N(C)C(=O)N[C@@H]1c1cccc(F)c1. The van der Waals surface area contributed by atoms with Crippen molar-refractivity contribution in [3.05, 3.63) is 82.6 Å². The topological polar surface area (TPSA) is 82.2 Å². The van der Waals surface area contributed by atoms with Gasteiger partial charge in [0.1, 0.15) is 11.6 Å². The zero-order valence-electron chi connectivity index (χ0n) is 21.0. The largest absolute Gasteiger partial charge is 0.463 e. The predicted molar refractivity (Wildman–Crippen MR) is 132 cm³/mol. The second kappa shape index (κ2) is 11.1. The summed E-state index contributed by atoms with van der Waals surface area (Å²) in [6, 6.07) is 9.86. The molecule has 0 spiro atoms. The van der Waals surface area contributed by atoms with Gasteiger partial charge in [0.25, 0.3) is 5.91 Å². The maximum atomic E-state index is 14.0. The highest BCUT2D eigenvalue weighted by molar-refractivity contribution is 5.95. The van der Waals surface area contributed by atoms with E-state index in [4.69, 9.17) is 4.74 Å². The summed E-state index contributed by atoms with van der Waals surface area (Å²) in [6.45, 7) is 5.32. The second-order valence-electron chi connectivity index (χ2n) is 9.17. The summed E-state index contributed by atoms with van der Waals surface area (Å²) in [4.78, 5) is 44.1. The van der Waals surface area contributed by atoms with Crippen LogP contribution in [0.2, 0.25) is 0 Å². The van der Waals surface area contributed by atoms with Crippen LogP contribution in [-0.2, 0) is 9.53 Å². The summed E-state index contributed by atoms with van der Waals surface area (Å²) in [7, 11) is 1.57. The molecule has 1 N–H and O–H groups in total. The second-order valence-corrected chi connectivity index (χ2v) is 9.17. The van der Waals surface area contributed by atoms with E-state index < -0.39 is 29.7 Å². The molecule has 37 heavy (non-hydrogen) atoms. The van der Waals surface area contributed by atoms with Crippen molar-refractivity contribution in [1.82, 2.24) is 20.0 Å². The number of ether oxygens (including phenoxy) is 1. The quantitative estimate of drug-likeness (QED) is 0.601. The Balaban J connectivity index is 1.60. The molecule has 196 valence electrons. The maximum absolute atomic E-state index is 14.0. The molecule has 2 aromatic carbocycles. The van der Waals surface area contributed by atoms with Crippen molar-refractivity contribution in [1.29, 1.82) is 0 Å². The lowest BCUT2D eigenvalue weighted by atomic mass is 9.94. The number of nitrogens with zero attached hydrogens (tertiary/aromatic N) is 3. The van der Waals surface area contributed by atoms with Crippen molar-refractivity contribution in [3.63, 3.8) is 0 Å². The van der Waals surface area contributed by atoms with Gasteiger partial charge >= 0.3 is 12.0 Å². The van der Waals surface area contributed by atoms with E-state index in [0.29, 0.717) is 30.9 Å². The number of amides is 3. The van der Waals surface area contributed by atoms with Gasteiger partial charge in [-0.3, -0.25) is 14.6 Å². The predicted octanol–water partition coefficient (Wildman–Crippen LogP) is 3.32. The van der Waals surface area contributed by atoms with Gasteiger partial charge in [0, 0.05) is 50.5 Å². The number of esters is 1. The summed E-state index contributed by atoms with van der Waals surface area (Å²) >= 11 is 0. The van der Waals surface area contributed by atoms with Crippen molar-refractivity contribution in [2.75, 3.05) is 39.8 Å². The van der Waals surface area contributed by atoms with Crippen LogP contribution in [0, 0.1) is 11.6 Å². The number of rotatable bonds is 6. The zero-order chi connectivity index (χ0) is 26.7. The Kier molecular flexibility index (Phi) is 7.87. The maximum Gasteiger partial charge on any atom is 0.338 e. The van der Waals surface area contributed by atoms with E-state index in [9.17, 15) is 23.2 Å². The number of urea groups is 1. The van der Waals surface area contributed by atoms with Gasteiger partial charge in [0.2, 0.25) is 0 Å². The Labute approximate surface area is 214 Å². The van der Waals surface area contributed by atoms with Crippen LogP contribution in [0.25, 0.3) is 0 Å². The van der Waals surface area contributed by atoms with E-state index >= 15 is 0 Å². The number of hydrogen-bond donors (Lipinski definition) is 1. The van der Waals surface area contributed by atoms with Crippen LogP contribution in [0.5, 0.6) is 0 Å². The molecule has 0 aromatic heterocycles. The summed E-state index contributed by atoms with van der Waals surface area (Å²) in [6.07, 6.45) is 0. The van der Waals surface area contributed by atoms with Crippen LogP contribution >= 0.6 is 0 Å². The Bertz CT molecular complexity index is 1230. The fourth-order valence-electron chi connectivity index (χ4n) is 4.81. The first-order chi connectivity index (χ1) is 17.7. The monoisotopic (exact) mass is 512 g/mol. The highest BCUT2D eigenvalue weighted by Gasteiger charge is 2.38. The fourth-order valence-corrected chi connectivity index (χ4v) is 4.81. The zero-order valence-corrected chi connectivity index (χ0v) is 21.0. The smallest absolute Gasteiger partial charge is 0.338 e. The van der Waals surface area contributed by atoms with E-state index in [1.807, 2.05) is 11.8 Å². The Morgan fingerprint density at radius 3 is 2.43 bits per heavy atom. The van der Waals surface area contributed by atoms with Crippen molar-refractivity contribution in [2.45, 2.75) is 25.9 Å². The van der Waals surface area contributed by atoms with Crippen LogP contribution < -0.4 is 5.32 Å². The molecule has 2 atom stereocenters. The lowest BCUT2D eigenvalue weighted by Gasteiger charge is -2.42. The highest BCUT2D eigenvalue weighted by Crippen LogP contribution is 2.32. The Morgan fingerprint density at radius 2 is 1.78 bits per heavy atom. The molecular formula is C27H30F2N4O4. The molecule has 2 aliphatic rings. The Hall–Kier alpha value is -3.79. The molecule has 0 unspecified atom stereocenters. The van der Waals surface area contributed by atoms with Gasteiger partial charge in [-0.2, -0.15) is 0 Å². The Morgan fingerprint density at radius 1 is 1.08 bits per heavy atom. The molecule has 0 saturated carbocycles. The molecule has 2 aliphatic heterocycles. The lowest BCUT2D eigenvalue weighted by molar-refractivity contribution is -0.139. The molecule has 0 bridgehead atoms. The summed E-state index contributed by atoms with van der Waals surface area (Å²) < 4.78 is 33.0. The summed E-state index contributed by atoms with van der Waals surface area (Å²) in [5, 5.41) is 2.78. The fraction of sp³-hybridized carbons (Fsp3) is 0.370. The third-order valence-corrected chi connectivity index (χ3v) is 6.67. The molecule has 0 radical (unpaired) electrons. The number of carbonyl (C=O) groups is 3. The number of hydrogen-bond acceptors (Lipinski definition) is 5. The van der Waals surface area contributed by atoms with Crippen molar-refractivity contribution >= 4 is 17.9 Å². The van der Waals surface area contributed by atoms with Crippen LogP contribution in [0.15, 0.2) is 59.8 Å². The van der Waals surface area contributed by atoms with Gasteiger partial charge in [-0.1, -0.05) is 18.2 Å². The van der Waals surface area contributed by atoms with E-state index in [2.05, 4.69) is 5.32 Å². The van der Waals surface area contributed by atoms with Crippen LogP contribution in [0.3, 0.4) is 0 Å². The normalized spacial score (nSPS) is 20.6. The number of benzene rings is 2. The average molecular weight is 513 g/mol. The van der Waals surface area contributed by atoms with E-state index in [-0.39, 0.29) is 36.2 Å². The first kappa shape index (κ1) is 26.3. The summed E-state index contributed by atoms with van der Waals surface area (Å²) in [5.41, 5.74) is 1.41. The van der Waals surface area contributed by atoms with Crippen LogP contribution in [-0.4, -0.2) is 78.5 Å². The molecule has 8 nitrogen and oxygen atoms in total. The number of piperazine rings is 1. The molecule has 0 aliphatic carbocycles. The minimum Gasteiger partial charge on any atom is -0.463 e. The van der Waals surface area contributed by atoms with Gasteiger partial charge in [-0.05, 0) is 49.7 Å². The molecule has 4 rings (SSSR count). The van der Waals surface area contributed by atoms with Gasteiger partial charge in [0.15, 0.2) is 0 Å². The molecule has 2 aromatic rings. The van der Waals surface area contributed by atoms with Crippen molar-refractivity contribution in [3.8, 4) is 0 Å². The standard InChI is InChI=1S/C27H30F2N4O4/c1-4-37-26(35)23-22(31(3)27(36)30-24(23)18-7-5-9-20(28)13-18)16-32-11-12-33(17(2)15-32)25(34)19-8-6-10-21(29)14-19/h5-10,13-14,17,24H,4,11-12,15-16H2,1-3H3,(H,30,36)/t17-,24+/m0/s1. The molecule has 10 heteroatoms. The molecular weight excluding hydrogens is 482 g/mol. The van der Waals surface area contributed by atoms with E-state index in [1.54, 1.807) is 31.0 Å². The minimum atomic E-state index is -0.873. The van der Waals surface area contributed by atoms with Gasteiger partial charge < -0.3 is 15.0 Å². The minimum absolute atomic E-state index is 0.140. The van der Waals surface area contributed by atoms with Crippen molar-refractivity contribution < 1.29 is 27.9 Å². The van der Waals surface area contributed by atoms with E-state index in [1.165, 1.54) is 41.3 Å². The third kappa shape index (κ3) is 5.64. The van der Waals surface area contributed by atoms with Gasteiger partial charge in [-0.25, -0.2) is 18.4 Å².